The zero-order valence-corrected chi connectivity index (χ0v) is 17.6. The number of para-hydroxylation sites is 1. The molecule has 0 radical (unpaired) electrons. The summed E-state index contributed by atoms with van der Waals surface area (Å²) in [5, 5.41) is 6.08. The van der Waals surface area contributed by atoms with Crippen molar-refractivity contribution in [1.82, 2.24) is 5.32 Å². The van der Waals surface area contributed by atoms with E-state index < -0.39 is 0 Å². The average molecular weight is 418 g/mol. The summed E-state index contributed by atoms with van der Waals surface area (Å²) in [6.07, 6.45) is 0.148. The second kappa shape index (κ2) is 11.0. The third-order valence-corrected chi connectivity index (χ3v) is 4.86. The summed E-state index contributed by atoms with van der Waals surface area (Å²) in [5.41, 5.74) is 2.51. The highest BCUT2D eigenvalue weighted by atomic mass is 35.5. The predicted octanol–water partition coefficient (Wildman–Crippen LogP) is 3.02. The maximum Gasteiger partial charge on any atom is 0.244 e. The Morgan fingerprint density at radius 2 is 1.83 bits per heavy atom. The van der Waals surface area contributed by atoms with Crippen molar-refractivity contribution in [3.05, 3.63) is 60.2 Å². The standard InChI is InChI=1S/C22H27N3O3.ClH/c1-3-25(19-7-5-4-6-8-19)20(26)15-17-9-11-18(12-10-17)24-22(27)21-16(2)28-14-13-23-21;/h4-12,16,21,23H,3,13-15H2,1-2H3,(H,24,27);1H/t16-,21+;/m1./s1. The molecule has 0 aromatic heterocycles. The number of halogens is 1. The first kappa shape index (κ1) is 22.9. The first-order valence-electron chi connectivity index (χ1n) is 9.68. The number of ether oxygens (including phenoxy) is 1. The second-order valence-electron chi connectivity index (χ2n) is 6.84. The molecule has 156 valence electrons. The predicted molar refractivity (Wildman–Crippen MR) is 118 cm³/mol. The van der Waals surface area contributed by atoms with E-state index in [4.69, 9.17) is 4.74 Å². The molecule has 2 amide bonds. The number of carbonyl (C=O) groups is 2. The number of benzene rings is 2. The van der Waals surface area contributed by atoms with E-state index in [1.165, 1.54) is 0 Å². The van der Waals surface area contributed by atoms with Crippen molar-refractivity contribution in [3.8, 4) is 0 Å². The van der Waals surface area contributed by atoms with Gasteiger partial charge in [-0.2, -0.15) is 0 Å². The summed E-state index contributed by atoms with van der Waals surface area (Å²) in [5.74, 6) is -0.0693. The van der Waals surface area contributed by atoms with Gasteiger partial charge < -0.3 is 20.3 Å². The Bertz CT molecular complexity index is 799. The highest BCUT2D eigenvalue weighted by Gasteiger charge is 2.28. The summed E-state index contributed by atoms with van der Waals surface area (Å²) in [6, 6.07) is 16.7. The molecule has 1 aliphatic rings. The number of likely N-dealkylation sites (N-methyl/N-ethyl adjacent to an activating group) is 1. The van der Waals surface area contributed by atoms with E-state index in [-0.39, 0.29) is 36.4 Å². The van der Waals surface area contributed by atoms with Crippen LogP contribution in [0.25, 0.3) is 0 Å². The van der Waals surface area contributed by atoms with Crippen LogP contribution in [0.3, 0.4) is 0 Å². The zero-order valence-electron chi connectivity index (χ0n) is 16.8. The van der Waals surface area contributed by atoms with Gasteiger partial charge in [-0.15, -0.1) is 12.4 Å². The van der Waals surface area contributed by atoms with Crippen LogP contribution in [0.5, 0.6) is 0 Å². The lowest BCUT2D eigenvalue weighted by atomic mass is 10.1. The minimum absolute atomic E-state index is 0. The minimum Gasteiger partial charge on any atom is -0.375 e. The van der Waals surface area contributed by atoms with E-state index >= 15 is 0 Å². The summed E-state index contributed by atoms with van der Waals surface area (Å²) < 4.78 is 5.52. The number of hydrogen-bond acceptors (Lipinski definition) is 4. The van der Waals surface area contributed by atoms with Crippen LogP contribution in [-0.4, -0.2) is 43.7 Å². The van der Waals surface area contributed by atoms with E-state index in [2.05, 4.69) is 10.6 Å². The van der Waals surface area contributed by atoms with Gasteiger partial charge in [0.25, 0.3) is 0 Å². The van der Waals surface area contributed by atoms with E-state index in [1.807, 2.05) is 68.4 Å². The lowest BCUT2D eigenvalue weighted by Crippen LogP contribution is -2.53. The van der Waals surface area contributed by atoms with Crippen molar-refractivity contribution in [2.45, 2.75) is 32.4 Å². The smallest absolute Gasteiger partial charge is 0.244 e. The van der Waals surface area contributed by atoms with Crippen molar-refractivity contribution in [3.63, 3.8) is 0 Å². The minimum atomic E-state index is -0.362. The number of morpholine rings is 1. The van der Waals surface area contributed by atoms with Crippen LogP contribution >= 0.6 is 12.4 Å². The summed E-state index contributed by atoms with van der Waals surface area (Å²) in [6.45, 7) is 5.75. The molecule has 29 heavy (non-hydrogen) atoms. The zero-order chi connectivity index (χ0) is 19.9. The Balaban J connectivity index is 0.00000300. The Hall–Kier alpha value is -2.41. The normalized spacial score (nSPS) is 18.4. The highest BCUT2D eigenvalue weighted by Crippen LogP contribution is 2.17. The van der Waals surface area contributed by atoms with Gasteiger partial charge in [0.1, 0.15) is 6.04 Å². The molecule has 0 saturated carbocycles. The van der Waals surface area contributed by atoms with Gasteiger partial charge in [0, 0.05) is 24.5 Å². The first-order chi connectivity index (χ1) is 13.6. The molecule has 2 atom stereocenters. The summed E-state index contributed by atoms with van der Waals surface area (Å²) in [7, 11) is 0. The first-order valence-corrected chi connectivity index (χ1v) is 9.68. The van der Waals surface area contributed by atoms with Crippen LogP contribution in [0, 0.1) is 0 Å². The summed E-state index contributed by atoms with van der Waals surface area (Å²) >= 11 is 0. The SMILES string of the molecule is CCN(C(=O)Cc1ccc(NC(=O)[C@H]2NCCO[C@@H]2C)cc1)c1ccccc1.Cl. The van der Waals surface area contributed by atoms with Gasteiger partial charge >= 0.3 is 0 Å². The van der Waals surface area contributed by atoms with Crippen LogP contribution in [0.15, 0.2) is 54.6 Å². The monoisotopic (exact) mass is 417 g/mol. The topological polar surface area (TPSA) is 70.7 Å². The van der Waals surface area contributed by atoms with Crippen molar-refractivity contribution < 1.29 is 14.3 Å². The molecule has 1 fully saturated rings. The number of amides is 2. The van der Waals surface area contributed by atoms with Crippen molar-refractivity contribution >= 4 is 35.6 Å². The summed E-state index contributed by atoms with van der Waals surface area (Å²) in [4.78, 5) is 26.9. The molecule has 2 aromatic rings. The molecule has 3 rings (SSSR count). The molecular formula is C22H28ClN3O3. The third-order valence-electron chi connectivity index (χ3n) is 4.86. The lowest BCUT2D eigenvalue weighted by Gasteiger charge is -2.29. The van der Waals surface area contributed by atoms with E-state index in [0.717, 1.165) is 11.3 Å². The van der Waals surface area contributed by atoms with Gasteiger partial charge in [-0.1, -0.05) is 30.3 Å². The van der Waals surface area contributed by atoms with Gasteiger partial charge in [-0.25, -0.2) is 0 Å². The van der Waals surface area contributed by atoms with Crippen LogP contribution in [0.4, 0.5) is 11.4 Å². The average Bonchev–Trinajstić information content (AvgIpc) is 2.71. The molecule has 1 aliphatic heterocycles. The number of hydrogen-bond donors (Lipinski definition) is 2. The van der Waals surface area contributed by atoms with Crippen molar-refractivity contribution in [2.75, 3.05) is 29.9 Å². The van der Waals surface area contributed by atoms with Crippen molar-refractivity contribution in [1.29, 1.82) is 0 Å². The molecule has 6 nitrogen and oxygen atoms in total. The molecule has 2 aromatic carbocycles. The van der Waals surface area contributed by atoms with Crippen LogP contribution in [0.1, 0.15) is 19.4 Å². The number of anilines is 2. The molecule has 2 N–H and O–H groups in total. The van der Waals surface area contributed by atoms with Crippen LogP contribution < -0.4 is 15.5 Å². The molecule has 0 spiro atoms. The maximum atomic E-state index is 12.7. The fourth-order valence-corrected chi connectivity index (χ4v) is 3.33. The van der Waals surface area contributed by atoms with Gasteiger partial charge in [0.2, 0.25) is 11.8 Å². The van der Waals surface area contributed by atoms with Crippen molar-refractivity contribution in [2.24, 2.45) is 0 Å². The van der Waals surface area contributed by atoms with Crippen LogP contribution in [-0.2, 0) is 20.7 Å². The number of rotatable bonds is 6. The molecule has 1 heterocycles. The fraction of sp³-hybridized carbons (Fsp3) is 0.364. The molecule has 1 saturated heterocycles. The number of carbonyl (C=O) groups excluding carboxylic acids is 2. The Labute approximate surface area is 178 Å². The van der Waals surface area contributed by atoms with Gasteiger partial charge in [0.05, 0.1) is 19.1 Å². The van der Waals surface area contributed by atoms with Gasteiger partial charge in [-0.05, 0) is 43.7 Å². The van der Waals surface area contributed by atoms with Gasteiger partial charge in [-0.3, -0.25) is 9.59 Å². The molecule has 0 aliphatic carbocycles. The van der Waals surface area contributed by atoms with E-state index in [1.54, 1.807) is 4.90 Å². The Morgan fingerprint density at radius 3 is 2.45 bits per heavy atom. The molecular weight excluding hydrogens is 390 g/mol. The molecule has 0 unspecified atom stereocenters. The van der Waals surface area contributed by atoms with Crippen LogP contribution in [0.2, 0.25) is 0 Å². The largest absolute Gasteiger partial charge is 0.375 e. The maximum absolute atomic E-state index is 12.7. The molecule has 7 heteroatoms. The Morgan fingerprint density at radius 1 is 1.14 bits per heavy atom. The third kappa shape index (κ3) is 6.03. The second-order valence-corrected chi connectivity index (χ2v) is 6.84. The Kier molecular flexibility index (Phi) is 8.64. The van der Waals surface area contributed by atoms with Gasteiger partial charge in [0.15, 0.2) is 0 Å². The quantitative estimate of drug-likeness (QED) is 0.757. The van der Waals surface area contributed by atoms with E-state index in [0.29, 0.717) is 31.8 Å². The lowest BCUT2D eigenvalue weighted by molar-refractivity contribution is -0.123. The fourth-order valence-electron chi connectivity index (χ4n) is 3.33. The molecule has 0 bridgehead atoms. The highest BCUT2D eigenvalue weighted by molar-refractivity contribution is 5.96. The van der Waals surface area contributed by atoms with E-state index in [9.17, 15) is 9.59 Å². The number of nitrogens with one attached hydrogen (secondary N) is 2. The number of nitrogens with zero attached hydrogens (tertiary/aromatic N) is 1.